The summed E-state index contributed by atoms with van der Waals surface area (Å²) >= 11 is 0. The van der Waals surface area contributed by atoms with E-state index in [0.29, 0.717) is 0 Å². The highest BCUT2D eigenvalue weighted by Gasteiger charge is 2.41. The second kappa shape index (κ2) is 3.64. The van der Waals surface area contributed by atoms with E-state index in [-0.39, 0.29) is 0 Å². The van der Waals surface area contributed by atoms with Crippen molar-refractivity contribution >= 4 is 0 Å². The molecule has 1 aliphatic heterocycles. The Morgan fingerprint density at radius 2 is 1.87 bits per heavy atom. The van der Waals surface area contributed by atoms with Gasteiger partial charge >= 0.3 is 0 Å². The fraction of sp³-hybridized carbons (Fsp3) is 0.571. The Morgan fingerprint density at radius 3 is 2.67 bits per heavy atom. The highest BCUT2D eigenvalue weighted by Crippen LogP contribution is 2.46. The van der Waals surface area contributed by atoms with Crippen LogP contribution < -0.4 is 0 Å². The SMILES string of the molecule is CN1C[C@@H]2CC[C@H](c3ccccc3)[C@@H]2C1. The average Bonchev–Trinajstić information content (AvgIpc) is 2.77. The van der Waals surface area contributed by atoms with E-state index in [4.69, 9.17) is 0 Å². The van der Waals surface area contributed by atoms with Crippen LogP contribution in [-0.4, -0.2) is 25.0 Å². The van der Waals surface area contributed by atoms with E-state index in [0.717, 1.165) is 17.8 Å². The second-order valence-corrected chi connectivity index (χ2v) is 5.24. The molecule has 1 nitrogen and oxygen atoms in total. The van der Waals surface area contributed by atoms with Crippen molar-refractivity contribution in [2.75, 3.05) is 20.1 Å². The zero-order valence-electron chi connectivity index (χ0n) is 9.39. The van der Waals surface area contributed by atoms with Gasteiger partial charge in [0.15, 0.2) is 0 Å². The van der Waals surface area contributed by atoms with Crippen LogP contribution in [0.15, 0.2) is 30.3 Å². The predicted molar refractivity (Wildman–Crippen MR) is 62.9 cm³/mol. The topological polar surface area (TPSA) is 3.24 Å². The molecule has 3 atom stereocenters. The van der Waals surface area contributed by atoms with E-state index >= 15 is 0 Å². The Bertz CT molecular complexity index is 332. The van der Waals surface area contributed by atoms with Crippen molar-refractivity contribution in [3.05, 3.63) is 35.9 Å². The molecule has 15 heavy (non-hydrogen) atoms. The quantitative estimate of drug-likeness (QED) is 0.675. The maximum atomic E-state index is 2.50. The monoisotopic (exact) mass is 201 g/mol. The lowest BCUT2D eigenvalue weighted by Gasteiger charge is -2.19. The summed E-state index contributed by atoms with van der Waals surface area (Å²) in [5, 5.41) is 0. The first-order chi connectivity index (χ1) is 7.34. The molecule has 0 bridgehead atoms. The molecular weight excluding hydrogens is 182 g/mol. The average molecular weight is 201 g/mol. The Kier molecular flexibility index (Phi) is 2.28. The molecule has 3 rings (SSSR count). The Balaban J connectivity index is 1.84. The summed E-state index contributed by atoms with van der Waals surface area (Å²) in [4.78, 5) is 2.50. The molecule has 1 heteroatoms. The van der Waals surface area contributed by atoms with Gasteiger partial charge in [0.25, 0.3) is 0 Å². The van der Waals surface area contributed by atoms with E-state index in [9.17, 15) is 0 Å². The molecule has 2 fully saturated rings. The van der Waals surface area contributed by atoms with Crippen molar-refractivity contribution in [2.45, 2.75) is 18.8 Å². The molecule has 0 aromatic heterocycles. The van der Waals surface area contributed by atoms with E-state index in [2.05, 4.69) is 42.3 Å². The van der Waals surface area contributed by atoms with Crippen LogP contribution in [0, 0.1) is 11.8 Å². The van der Waals surface area contributed by atoms with Crippen molar-refractivity contribution < 1.29 is 0 Å². The first kappa shape index (κ1) is 9.41. The van der Waals surface area contributed by atoms with Crippen molar-refractivity contribution in [1.29, 1.82) is 0 Å². The van der Waals surface area contributed by atoms with Gasteiger partial charge in [0.2, 0.25) is 0 Å². The van der Waals surface area contributed by atoms with Crippen LogP contribution >= 0.6 is 0 Å². The van der Waals surface area contributed by atoms with Gasteiger partial charge in [-0.1, -0.05) is 30.3 Å². The smallest absolute Gasteiger partial charge is 0.00157 e. The normalized spacial score (nSPS) is 35.7. The minimum Gasteiger partial charge on any atom is -0.306 e. The number of likely N-dealkylation sites (tertiary alicyclic amines) is 1. The molecule has 1 heterocycles. The van der Waals surface area contributed by atoms with Crippen LogP contribution in [0.4, 0.5) is 0 Å². The zero-order valence-corrected chi connectivity index (χ0v) is 9.39. The van der Waals surface area contributed by atoms with E-state index < -0.39 is 0 Å². The lowest BCUT2D eigenvalue weighted by Crippen LogP contribution is -2.17. The standard InChI is InChI=1S/C14H19N/c1-15-9-12-7-8-13(14(12)10-15)11-5-3-2-4-6-11/h2-6,12-14H,7-10H2,1H3/t12-,13+,14+/m0/s1. The zero-order chi connectivity index (χ0) is 10.3. The highest BCUT2D eigenvalue weighted by molar-refractivity contribution is 5.22. The number of hydrogen-bond donors (Lipinski definition) is 0. The first-order valence-electron chi connectivity index (χ1n) is 6.08. The lowest BCUT2D eigenvalue weighted by molar-refractivity contribution is 0.369. The van der Waals surface area contributed by atoms with Crippen LogP contribution in [0.1, 0.15) is 24.3 Å². The number of fused-ring (bicyclic) bond motifs is 1. The molecular formula is C14H19N. The Morgan fingerprint density at radius 1 is 1.07 bits per heavy atom. The molecule has 80 valence electrons. The first-order valence-corrected chi connectivity index (χ1v) is 6.08. The molecule has 1 aromatic rings. The third-order valence-electron chi connectivity index (χ3n) is 4.27. The van der Waals surface area contributed by atoms with Gasteiger partial charge in [0.1, 0.15) is 0 Å². The van der Waals surface area contributed by atoms with Gasteiger partial charge in [-0.2, -0.15) is 0 Å². The van der Waals surface area contributed by atoms with Gasteiger partial charge in [-0.05, 0) is 43.2 Å². The summed E-state index contributed by atoms with van der Waals surface area (Å²) in [6.07, 6.45) is 2.85. The van der Waals surface area contributed by atoms with Crippen LogP contribution in [0.5, 0.6) is 0 Å². The Hall–Kier alpha value is -0.820. The Labute approximate surface area is 92.1 Å². The maximum absolute atomic E-state index is 2.50. The van der Waals surface area contributed by atoms with Gasteiger partial charge in [-0.25, -0.2) is 0 Å². The van der Waals surface area contributed by atoms with E-state index in [1.54, 1.807) is 5.56 Å². The summed E-state index contributed by atoms with van der Waals surface area (Å²) in [5.74, 6) is 2.73. The molecule has 0 amide bonds. The molecule has 0 N–H and O–H groups in total. The van der Waals surface area contributed by atoms with Crippen LogP contribution in [-0.2, 0) is 0 Å². The van der Waals surface area contributed by atoms with Crippen LogP contribution in [0.3, 0.4) is 0 Å². The summed E-state index contributed by atoms with van der Waals surface area (Å²) in [7, 11) is 2.26. The molecule has 1 saturated heterocycles. The van der Waals surface area contributed by atoms with Crippen molar-refractivity contribution in [3.63, 3.8) is 0 Å². The fourth-order valence-corrected chi connectivity index (χ4v) is 3.60. The van der Waals surface area contributed by atoms with Gasteiger partial charge in [-0.15, -0.1) is 0 Å². The number of benzene rings is 1. The predicted octanol–water partition coefficient (Wildman–Crippen LogP) is 2.74. The molecule has 0 spiro atoms. The highest BCUT2D eigenvalue weighted by atomic mass is 15.1. The molecule has 1 aromatic carbocycles. The molecule has 1 saturated carbocycles. The summed E-state index contributed by atoms with van der Waals surface area (Å²) in [5.41, 5.74) is 1.57. The van der Waals surface area contributed by atoms with Gasteiger partial charge in [0, 0.05) is 13.1 Å². The van der Waals surface area contributed by atoms with Crippen molar-refractivity contribution in [1.82, 2.24) is 4.90 Å². The fourth-order valence-electron chi connectivity index (χ4n) is 3.60. The third-order valence-corrected chi connectivity index (χ3v) is 4.27. The van der Waals surface area contributed by atoms with E-state index in [1.165, 1.54) is 25.9 Å². The summed E-state index contributed by atoms with van der Waals surface area (Å²) in [6.45, 7) is 2.64. The summed E-state index contributed by atoms with van der Waals surface area (Å²) < 4.78 is 0. The minimum absolute atomic E-state index is 0.834. The number of rotatable bonds is 1. The number of nitrogens with zero attached hydrogens (tertiary/aromatic N) is 1. The van der Waals surface area contributed by atoms with Crippen molar-refractivity contribution in [3.8, 4) is 0 Å². The van der Waals surface area contributed by atoms with Gasteiger partial charge in [-0.3, -0.25) is 0 Å². The lowest BCUT2D eigenvalue weighted by atomic mass is 9.87. The van der Waals surface area contributed by atoms with Gasteiger partial charge in [0.05, 0.1) is 0 Å². The molecule has 2 aliphatic rings. The maximum Gasteiger partial charge on any atom is 0.00157 e. The van der Waals surface area contributed by atoms with Crippen LogP contribution in [0.25, 0.3) is 0 Å². The third kappa shape index (κ3) is 1.59. The minimum atomic E-state index is 0.834. The largest absolute Gasteiger partial charge is 0.306 e. The number of hydrogen-bond acceptors (Lipinski definition) is 1. The molecule has 0 radical (unpaired) electrons. The van der Waals surface area contributed by atoms with Gasteiger partial charge < -0.3 is 4.90 Å². The second-order valence-electron chi connectivity index (χ2n) is 5.24. The summed E-state index contributed by atoms with van der Waals surface area (Å²) in [6, 6.07) is 11.1. The van der Waals surface area contributed by atoms with Crippen LogP contribution in [0.2, 0.25) is 0 Å². The molecule has 0 unspecified atom stereocenters. The molecule has 1 aliphatic carbocycles. The van der Waals surface area contributed by atoms with Crippen molar-refractivity contribution in [2.24, 2.45) is 11.8 Å². The van der Waals surface area contributed by atoms with E-state index in [1.807, 2.05) is 0 Å².